The molecule has 0 aliphatic carbocycles. The number of nitrogens with zero attached hydrogens (tertiary/aromatic N) is 1. The van der Waals surface area contributed by atoms with Gasteiger partial charge in [0.15, 0.2) is 5.95 Å². The van der Waals surface area contributed by atoms with Crippen LogP contribution >= 0.6 is 0 Å². The monoisotopic (exact) mass is 336 g/mol. The number of amides is 1. The Morgan fingerprint density at radius 2 is 1.75 bits per heavy atom. The number of aromatic amines is 1. The summed E-state index contributed by atoms with van der Waals surface area (Å²) >= 11 is 0. The van der Waals surface area contributed by atoms with Crippen molar-refractivity contribution >= 4 is 11.9 Å². The molecule has 0 radical (unpaired) electrons. The lowest BCUT2D eigenvalue weighted by Crippen LogP contribution is -2.35. The summed E-state index contributed by atoms with van der Waals surface area (Å²) in [5, 5.41) is 3.24. The molecule has 0 aromatic carbocycles. The van der Waals surface area contributed by atoms with E-state index in [4.69, 9.17) is 5.73 Å². The zero-order valence-corrected chi connectivity index (χ0v) is 15.6. The van der Waals surface area contributed by atoms with Crippen molar-refractivity contribution in [3.8, 4) is 0 Å². The largest absolute Gasteiger partial charge is 0.369 e. The first-order valence-corrected chi connectivity index (χ1v) is 9.74. The first-order chi connectivity index (χ1) is 11.7. The molecule has 0 spiro atoms. The van der Waals surface area contributed by atoms with Crippen molar-refractivity contribution in [1.82, 2.24) is 15.3 Å². The molecule has 138 valence electrons. The van der Waals surface area contributed by atoms with Gasteiger partial charge in [0.05, 0.1) is 6.20 Å². The molecule has 0 atom stereocenters. The van der Waals surface area contributed by atoms with Gasteiger partial charge in [-0.25, -0.2) is 4.98 Å². The number of unbranched alkanes of at least 4 members (excludes halogenated alkanes) is 6. The topological polar surface area (TPSA) is 83.8 Å². The number of carbonyl (C=O) groups is 1. The van der Waals surface area contributed by atoms with Crippen LogP contribution in [0.15, 0.2) is 6.20 Å². The van der Waals surface area contributed by atoms with E-state index in [0.29, 0.717) is 24.8 Å². The number of anilines is 1. The third-order valence-corrected chi connectivity index (χ3v) is 4.45. The molecule has 5 heteroatoms. The van der Waals surface area contributed by atoms with Crippen LogP contribution in [0.3, 0.4) is 0 Å². The molecule has 1 aromatic rings. The van der Waals surface area contributed by atoms with Gasteiger partial charge in [0.25, 0.3) is 0 Å². The molecule has 1 heterocycles. The van der Waals surface area contributed by atoms with Gasteiger partial charge in [0, 0.05) is 18.2 Å². The lowest BCUT2D eigenvalue weighted by molar-refractivity contribution is -0.121. The highest BCUT2D eigenvalue weighted by atomic mass is 16.1. The van der Waals surface area contributed by atoms with Gasteiger partial charge in [-0.1, -0.05) is 65.2 Å². The highest BCUT2D eigenvalue weighted by Gasteiger charge is 2.12. The van der Waals surface area contributed by atoms with Crippen LogP contribution in [0, 0.1) is 0 Å². The molecule has 24 heavy (non-hydrogen) atoms. The third-order valence-electron chi connectivity index (χ3n) is 4.45. The van der Waals surface area contributed by atoms with Gasteiger partial charge in [-0.2, -0.15) is 0 Å². The van der Waals surface area contributed by atoms with Crippen LogP contribution in [0.25, 0.3) is 0 Å². The summed E-state index contributed by atoms with van der Waals surface area (Å²) in [7, 11) is 0. The van der Waals surface area contributed by atoms with Crippen molar-refractivity contribution in [2.45, 2.75) is 96.9 Å². The first-order valence-electron chi connectivity index (χ1n) is 9.74. The predicted molar refractivity (Wildman–Crippen MR) is 101 cm³/mol. The Hall–Kier alpha value is -1.52. The average Bonchev–Trinajstić information content (AvgIpc) is 2.99. The van der Waals surface area contributed by atoms with Crippen molar-refractivity contribution in [2.75, 3.05) is 5.73 Å². The SMILES string of the molecule is CCCCCCC(CCCCCC)NC(=O)CCc1cnc(N)[nH]1. The molecule has 0 saturated heterocycles. The summed E-state index contributed by atoms with van der Waals surface area (Å²) in [6, 6.07) is 0.332. The molecule has 0 unspecified atom stereocenters. The zero-order chi connectivity index (χ0) is 17.6. The normalized spacial score (nSPS) is 11.1. The summed E-state index contributed by atoms with van der Waals surface area (Å²) in [4.78, 5) is 19.2. The van der Waals surface area contributed by atoms with E-state index in [0.717, 1.165) is 18.5 Å². The Morgan fingerprint density at radius 1 is 1.12 bits per heavy atom. The molecule has 1 aromatic heterocycles. The number of hydrogen-bond donors (Lipinski definition) is 3. The lowest BCUT2D eigenvalue weighted by Gasteiger charge is -2.19. The lowest BCUT2D eigenvalue weighted by atomic mass is 10.0. The van der Waals surface area contributed by atoms with Gasteiger partial charge in [0.1, 0.15) is 0 Å². The number of H-pyrrole nitrogens is 1. The minimum absolute atomic E-state index is 0.138. The van der Waals surface area contributed by atoms with Gasteiger partial charge in [-0.3, -0.25) is 4.79 Å². The second-order valence-corrected chi connectivity index (χ2v) is 6.76. The summed E-state index contributed by atoms with van der Waals surface area (Å²) in [5.74, 6) is 0.550. The minimum Gasteiger partial charge on any atom is -0.369 e. The fraction of sp³-hybridized carbons (Fsp3) is 0.789. The fourth-order valence-corrected chi connectivity index (χ4v) is 2.98. The van der Waals surface area contributed by atoms with E-state index >= 15 is 0 Å². The molecule has 0 fully saturated rings. The smallest absolute Gasteiger partial charge is 0.220 e. The van der Waals surface area contributed by atoms with Gasteiger partial charge in [-0.05, 0) is 19.3 Å². The number of nitrogen functional groups attached to an aromatic ring is 1. The van der Waals surface area contributed by atoms with Gasteiger partial charge < -0.3 is 16.0 Å². The van der Waals surface area contributed by atoms with Crippen LogP contribution in [0.2, 0.25) is 0 Å². The second kappa shape index (κ2) is 12.8. The molecule has 0 saturated carbocycles. The standard InChI is InChI=1S/C19H36N4O/c1-3-5-7-9-11-16(12-10-8-6-4-2)22-18(24)14-13-17-15-21-19(20)23-17/h15-16H,3-14H2,1-2H3,(H,22,24)(H3,20,21,23). The number of carbonyl (C=O) groups excluding carboxylic acids is 1. The number of hydrogen-bond acceptors (Lipinski definition) is 3. The van der Waals surface area contributed by atoms with E-state index in [-0.39, 0.29) is 5.91 Å². The fourth-order valence-electron chi connectivity index (χ4n) is 2.98. The minimum atomic E-state index is 0.138. The summed E-state index contributed by atoms with van der Waals surface area (Å²) in [6.07, 6.45) is 15.1. The Kier molecular flexibility index (Phi) is 11.0. The van der Waals surface area contributed by atoms with E-state index in [1.54, 1.807) is 6.20 Å². The molecule has 0 bridgehead atoms. The quantitative estimate of drug-likeness (QED) is 0.442. The molecule has 1 amide bonds. The van der Waals surface area contributed by atoms with E-state index in [1.807, 2.05) is 0 Å². The van der Waals surface area contributed by atoms with Crippen molar-refractivity contribution in [1.29, 1.82) is 0 Å². The predicted octanol–water partition coefficient (Wildman–Crippen LogP) is 4.35. The molecular weight excluding hydrogens is 300 g/mol. The number of imidazole rings is 1. The molecule has 4 N–H and O–H groups in total. The maximum absolute atomic E-state index is 12.2. The van der Waals surface area contributed by atoms with Crippen LogP contribution < -0.4 is 11.1 Å². The summed E-state index contributed by atoms with van der Waals surface area (Å²) in [6.45, 7) is 4.46. The molecule has 1 rings (SSSR count). The Bertz CT molecular complexity index is 432. The Labute approximate surface area is 147 Å². The van der Waals surface area contributed by atoms with Crippen LogP contribution in [0.5, 0.6) is 0 Å². The Balaban J connectivity index is 2.32. The molecule has 0 aliphatic rings. The van der Waals surface area contributed by atoms with Crippen LogP contribution in [0.1, 0.15) is 90.2 Å². The first kappa shape index (κ1) is 20.5. The van der Waals surface area contributed by atoms with E-state index in [1.165, 1.54) is 51.4 Å². The average molecular weight is 337 g/mol. The van der Waals surface area contributed by atoms with Crippen molar-refractivity contribution in [3.63, 3.8) is 0 Å². The van der Waals surface area contributed by atoms with E-state index in [9.17, 15) is 4.79 Å². The number of nitrogens with two attached hydrogens (primary N) is 1. The number of aryl methyl sites for hydroxylation is 1. The highest BCUT2D eigenvalue weighted by molar-refractivity contribution is 5.76. The van der Waals surface area contributed by atoms with Crippen molar-refractivity contribution < 1.29 is 4.79 Å². The third kappa shape index (κ3) is 9.58. The zero-order valence-electron chi connectivity index (χ0n) is 15.6. The van der Waals surface area contributed by atoms with Crippen LogP contribution in [0.4, 0.5) is 5.95 Å². The molecular formula is C19H36N4O. The summed E-state index contributed by atoms with van der Waals surface area (Å²) < 4.78 is 0. The maximum Gasteiger partial charge on any atom is 0.220 e. The van der Waals surface area contributed by atoms with E-state index < -0.39 is 0 Å². The number of nitrogens with one attached hydrogen (secondary N) is 2. The van der Waals surface area contributed by atoms with Gasteiger partial charge in [-0.15, -0.1) is 0 Å². The van der Waals surface area contributed by atoms with E-state index in [2.05, 4.69) is 29.1 Å². The van der Waals surface area contributed by atoms with Crippen molar-refractivity contribution in [3.05, 3.63) is 11.9 Å². The van der Waals surface area contributed by atoms with Crippen LogP contribution in [-0.2, 0) is 11.2 Å². The summed E-state index contributed by atoms with van der Waals surface area (Å²) in [5.41, 5.74) is 6.48. The second-order valence-electron chi connectivity index (χ2n) is 6.76. The number of aromatic nitrogens is 2. The highest BCUT2D eigenvalue weighted by Crippen LogP contribution is 2.13. The van der Waals surface area contributed by atoms with Crippen molar-refractivity contribution in [2.24, 2.45) is 0 Å². The molecule has 5 nitrogen and oxygen atoms in total. The van der Waals surface area contributed by atoms with Gasteiger partial charge >= 0.3 is 0 Å². The maximum atomic E-state index is 12.2. The molecule has 0 aliphatic heterocycles. The Morgan fingerprint density at radius 3 is 2.25 bits per heavy atom. The van der Waals surface area contributed by atoms with Crippen LogP contribution in [-0.4, -0.2) is 21.9 Å². The number of rotatable bonds is 14. The van der Waals surface area contributed by atoms with Gasteiger partial charge in [0.2, 0.25) is 5.91 Å².